The van der Waals surface area contributed by atoms with Crippen molar-refractivity contribution in [2.45, 2.75) is 19.4 Å². The molecule has 0 fully saturated rings. The molecule has 4 nitrogen and oxygen atoms in total. The van der Waals surface area contributed by atoms with Gasteiger partial charge in [0.25, 0.3) is 5.89 Å². The summed E-state index contributed by atoms with van der Waals surface area (Å²) in [7, 11) is 0. The summed E-state index contributed by atoms with van der Waals surface area (Å²) in [6.07, 6.45) is 0.622. The van der Waals surface area contributed by atoms with E-state index in [1.54, 1.807) is 11.3 Å². The highest BCUT2D eigenvalue weighted by atomic mass is 79.9. The molecule has 0 amide bonds. The van der Waals surface area contributed by atoms with Crippen molar-refractivity contribution >= 4 is 43.2 Å². The van der Waals surface area contributed by atoms with Crippen LogP contribution < -0.4 is 5.73 Å². The van der Waals surface area contributed by atoms with Crippen LogP contribution in [0.15, 0.2) is 18.8 Å². The van der Waals surface area contributed by atoms with Gasteiger partial charge in [-0.2, -0.15) is 4.98 Å². The molecule has 2 rings (SSSR count). The average Bonchev–Trinajstić information content (AvgIpc) is 2.74. The molecule has 0 radical (unpaired) electrons. The van der Waals surface area contributed by atoms with Crippen LogP contribution in [0.3, 0.4) is 0 Å². The van der Waals surface area contributed by atoms with E-state index < -0.39 is 0 Å². The monoisotopic (exact) mass is 365 g/mol. The molecule has 2 heterocycles. The number of rotatable bonds is 3. The van der Waals surface area contributed by atoms with Crippen LogP contribution in [0.25, 0.3) is 10.8 Å². The minimum atomic E-state index is 0.0345. The molecule has 0 aliphatic heterocycles. The predicted octanol–water partition coefficient (Wildman–Crippen LogP) is 3.21. The Morgan fingerprint density at radius 2 is 2.31 bits per heavy atom. The van der Waals surface area contributed by atoms with Crippen LogP contribution in [-0.2, 0) is 6.42 Å². The molecule has 0 saturated heterocycles. The first-order valence-electron chi connectivity index (χ1n) is 4.59. The Morgan fingerprint density at radius 1 is 1.56 bits per heavy atom. The van der Waals surface area contributed by atoms with Crippen LogP contribution in [0.1, 0.15) is 12.7 Å². The van der Waals surface area contributed by atoms with Gasteiger partial charge in [0, 0.05) is 16.9 Å². The van der Waals surface area contributed by atoms with Crippen molar-refractivity contribution in [3.05, 3.63) is 20.1 Å². The van der Waals surface area contributed by atoms with Crippen LogP contribution >= 0.6 is 43.2 Å². The van der Waals surface area contributed by atoms with Crippen LogP contribution in [0, 0.1) is 0 Å². The van der Waals surface area contributed by atoms with Crippen molar-refractivity contribution in [1.29, 1.82) is 0 Å². The second kappa shape index (κ2) is 4.95. The molecule has 86 valence electrons. The fourth-order valence-corrected chi connectivity index (χ4v) is 3.13. The van der Waals surface area contributed by atoms with Gasteiger partial charge in [-0.25, -0.2) is 0 Å². The molecule has 1 unspecified atom stereocenters. The van der Waals surface area contributed by atoms with Crippen molar-refractivity contribution in [3.63, 3.8) is 0 Å². The van der Waals surface area contributed by atoms with Crippen LogP contribution in [-0.4, -0.2) is 16.2 Å². The predicted molar refractivity (Wildman–Crippen MR) is 70.4 cm³/mol. The summed E-state index contributed by atoms with van der Waals surface area (Å²) in [5, 5.41) is 3.88. The van der Waals surface area contributed by atoms with Gasteiger partial charge in [-0.1, -0.05) is 5.16 Å². The molecule has 16 heavy (non-hydrogen) atoms. The lowest BCUT2D eigenvalue weighted by atomic mass is 10.2. The van der Waals surface area contributed by atoms with E-state index in [0.29, 0.717) is 18.1 Å². The SMILES string of the molecule is CC(N)Cc1noc(-c2cc(Br)c(Br)s2)n1. The first-order chi connectivity index (χ1) is 7.56. The third-order valence-electron chi connectivity index (χ3n) is 1.83. The Morgan fingerprint density at radius 3 is 2.88 bits per heavy atom. The van der Waals surface area contributed by atoms with E-state index in [2.05, 4.69) is 42.0 Å². The number of nitrogens with two attached hydrogens (primary N) is 1. The van der Waals surface area contributed by atoms with Gasteiger partial charge in [0.1, 0.15) is 0 Å². The van der Waals surface area contributed by atoms with Crippen molar-refractivity contribution in [1.82, 2.24) is 10.1 Å². The maximum absolute atomic E-state index is 5.67. The number of halogens is 2. The van der Waals surface area contributed by atoms with Gasteiger partial charge < -0.3 is 10.3 Å². The second-order valence-electron chi connectivity index (χ2n) is 3.43. The third kappa shape index (κ3) is 2.71. The molecule has 0 aliphatic rings. The average molecular weight is 367 g/mol. The van der Waals surface area contributed by atoms with E-state index in [1.807, 2.05) is 13.0 Å². The Kier molecular flexibility index (Phi) is 3.78. The van der Waals surface area contributed by atoms with Gasteiger partial charge in [0.15, 0.2) is 5.82 Å². The lowest BCUT2D eigenvalue weighted by Crippen LogP contribution is -2.18. The zero-order valence-corrected chi connectivity index (χ0v) is 12.4. The number of hydrogen-bond acceptors (Lipinski definition) is 5. The quantitative estimate of drug-likeness (QED) is 0.905. The van der Waals surface area contributed by atoms with Crippen molar-refractivity contribution in [2.24, 2.45) is 5.73 Å². The molecule has 0 spiro atoms. The van der Waals surface area contributed by atoms with Crippen LogP contribution in [0.2, 0.25) is 0 Å². The van der Waals surface area contributed by atoms with Crippen molar-refractivity contribution in [2.75, 3.05) is 0 Å². The molecule has 2 N–H and O–H groups in total. The summed E-state index contributed by atoms with van der Waals surface area (Å²) in [6.45, 7) is 1.91. The fourth-order valence-electron chi connectivity index (χ4n) is 1.18. The van der Waals surface area contributed by atoms with E-state index >= 15 is 0 Å². The van der Waals surface area contributed by atoms with Gasteiger partial charge in [-0.3, -0.25) is 0 Å². The minimum absolute atomic E-state index is 0.0345. The Labute approximate surface area is 113 Å². The highest BCUT2D eigenvalue weighted by Crippen LogP contribution is 2.37. The largest absolute Gasteiger partial charge is 0.333 e. The van der Waals surface area contributed by atoms with Crippen molar-refractivity contribution < 1.29 is 4.52 Å². The first kappa shape index (κ1) is 12.2. The third-order valence-corrected chi connectivity index (χ3v) is 5.07. The second-order valence-corrected chi connectivity index (χ2v) is 6.65. The van der Waals surface area contributed by atoms with Gasteiger partial charge in [-0.15, -0.1) is 11.3 Å². The maximum Gasteiger partial charge on any atom is 0.268 e. The summed E-state index contributed by atoms with van der Waals surface area (Å²) < 4.78 is 7.17. The molecule has 2 aromatic rings. The van der Waals surface area contributed by atoms with Gasteiger partial charge in [-0.05, 0) is 44.8 Å². The molecule has 0 aliphatic carbocycles. The molecule has 0 aromatic carbocycles. The molecular formula is C9H9Br2N3OS. The lowest BCUT2D eigenvalue weighted by Gasteiger charge is -1.96. The minimum Gasteiger partial charge on any atom is -0.333 e. The van der Waals surface area contributed by atoms with E-state index in [-0.39, 0.29) is 6.04 Å². The topological polar surface area (TPSA) is 64.9 Å². The zero-order valence-electron chi connectivity index (χ0n) is 8.41. The van der Waals surface area contributed by atoms with Gasteiger partial charge in [0.05, 0.1) is 8.66 Å². The number of thiophene rings is 1. The molecular weight excluding hydrogens is 358 g/mol. The number of hydrogen-bond donors (Lipinski definition) is 1. The van der Waals surface area contributed by atoms with Crippen LogP contribution in [0.4, 0.5) is 0 Å². The Bertz CT molecular complexity index is 475. The maximum atomic E-state index is 5.67. The molecule has 7 heteroatoms. The summed E-state index contributed by atoms with van der Waals surface area (Å²) in [4.78, 5) is 5.22. The zero-order chi connectivity index (χ0) is 11.7. The number of nitrogens with zero attached hydrogens (tertiary/aromatic N) is 2. The molecule has 0 saturated carbocycles. The summed E-state index contributed by atoms with van der Waals surface area (Å²) in [6, 6.07) is 1.98. The van der Waals surface area contributed by atoms with Gasteiger partial charge in [0.2, 0.25) is 0 Å². The lowest BCUT2D eigenvalue weighted by molar-refractivity contribution is 0.421. The fraction of sp³-hybridized carbons (Fsp3) is 0.333. The van der Waals surface area contributed by atoms with Crippen LogP contribution in [0.5, 0.6) is 0 Å². The van der Waals surface area contributed by atoms with E-state index in [9.17, 15) is 0 Å². The summed E-state index contributed by atoms with van der Waals surface area (Å²) >= 11 is 8.38. The van der Waals surface area contributed by atoms with E-state index in [0.717, 1.165) is 13.1 Å². The Balaban J connectivity index is 2.24. The van der Waals surface area contributed by atoms with Crippen molar-refractivity contribution in [3.8, 4) is 10.8 Å². The molecule has 1 atom stereocenters. The molecule has 0 bridgehead atoms. The first-order valence-corrected chi connectivity index (χ1v) is 7.00. The molecule has 2 aromatic heterocycles. The number of aromatic nitrogens is 2. The van der Waals surface area contributed by atoms with Gasteiger partial charge >= 0.3 is 0 Å². The highest BCUT2D eigenvalue weighted by Gasteiger charge is 2.14. The normalized spacial score (nSPS) is 13.0. The summed E-state index contributed by atoms with van der Waals surface area (Å²) in [5.74, 6) is 1.18. The smallest absolute Gasteiger partial charge is 0.268 e. The van der Waals surface area contributed by atoms with E-state index in [1.165, 1.54) is 0 Å². The standard InChI is InChI=1S/C9H9Br2N3OS/c1-4(12)2-7-13-9(15-14-7)6-3-5(10)8(11)16-6/h3-4H,2,12H2,1H3. The highest BCUT2D eigenvalue weighted by molar-refractivity contribution is 9.13. The summed E-state index contributed by atoms with van der Waals surface area (Å²) in [5.41, 5.74) is 5.67. The van der Waals surface area contributed by atoms with E-state index in [4.69, 9.17) is 10.3 Å². The Hall–Kier alpha value is -0.240.